The summed E-state index contributed by atoms with van der Waals surface area (Å²) in [6.45, 7) is 2.14. The van der Waals surface area contributed by atoms with Crippen molar-refractivity contribution in [2.45, 2.75) is 38.3 Å². The smallest absolute Gasteiger partial charge is 0.137 e. The molecule has 0 amide bonds. The van der Waals surface area contributed by atoms with E-state index in [9.17, 15) is 0 Å². The Morgan fingerprint density at radius 3 is 3.00 bits per heavy atom. The monoisotopic (exact) mass is 180 g/mol. The van der Waals surface area contributed by atoms with Gasteiger partial charge in [0.05, 0.1) is 0 Å². The second-order valence-corrected chi connectivity index (χ2v) is 3.59. The van der Waals surface area contributed by atoms with Crippen molar-refractivity contribution in [2.24, 2.45) is 0 Å². The van der Waals surface area contributed by atoms with E-state index in [-0.39, 0.29) is 0 Å². The number of nitrogens with one attached hydrogen (secondary N) is 1. The Labute approximate surface area is 78.4 Å². The summed E-state index contributed by atoms with van der Waals surface area (Å²) in [7, 11) is 0. The fourth-order valence-corrected chi connectivity index (χ4v) is 1.34. The highest BCUT2D eigenvalue weighted by atomic mass is 15.3. The Balaban J connectivity index is 1.48. The summed E-state index contributed by atoms with van der Waals surface area (Å²) in [5, 5.41) is 7.54. The first kappa shape index (κ1) is 8.69. The molecule has 0 aromatic carbocycles. The van der Waals surface area contributed by atoms with E-state index in [1.165, 1.54) is 25.7 Å². The van der Waals surface area contributed by atoms with E-state index in [2.05, 4.69) is 15.4 Å². The minimum absolute atomic E-state index is 0.839. The van der Waals surface area contributed by atoms with Crippen molar-refractivity contribution in [2.75, 3.05) is 6.54 Å². The molecule has 0 unspecified atom stereocenters. The molecule has 0 atom stereocenters. The molecule has 1 heterocycles. The topological polar surface area (TPSA) is 42.7 Å². The van der Waals surface area contributed by atoms with Crippen LogP contribution in [0.15, 0.2) is 12.7 Å². The second kappa shape index (κ2) is 4.37. The first-order valence-corrected chi connectivity index (χ1v) is 5.01. The maximum Gasteiger partial charge on any atom is 0.137 e. The number of nitrogens with zero attached hydrogens (tertiary/aromatic N) is 3. The van der Waals surface area contributed by atoms with Crippen molar-refractivity contribution in [3.8, 4) is 0 Å². The number of rotatable bonds is 6. The average molecular weight is 180 g/mol. The SMILES string of the molecule is c1ncn(CCCCNC2CC2)n1. The minimum atomic E-state index is 0.839. The molecule has 1 N–H and O–H groups in total. The van der Waals surface area contributed by atoms with Crippen molar-refractivity contribution in [3.05, 3.63) is 12.7 Å². The first-order valence-electron chi connectivity index (χ1n) is 5.01. The van der Waals surface area contributed by atoms with E-state index in [0.29, 0.717) is 0 Å². The molecular weight excluding hydrogens is 164 g/mol. The van der Waals surface area contributed by atoms with Gasteiger partial charge in [0.1, 0.15) is 12.7 Å². The zero-order chi connectivity index (χ0) is 8.93. The molecule has 0 bridgehead atoms. The highest BCUT2D eigenvalue weighted by Crippen LogP contribution is 2.18. The van der Waals surface area contributed by atoms with Crippen LogP contribution in [0.1, 0.15) is 25.7 Å². The Hall–Kier alpha value is -0.900. The molecule has 1 fully saturated rings. The fourth-order valence-electron chi connectivity index (χ4n) is 1.34. The lowest BCUT2D eigenvalue weighted by Crippen LogP contribution is -2.17. The summed E-state index contributed by atoms with van der Waals surface area (Å²) in [6.07, 6.45) is 8.53. The Morgan fingerprint density at radius 2 is 2.31 bits per heavy atom. The van der Waals surface area contributed by atoms with Crippen LogP contribution in [0.2, 0.25) is 0 Å². The van der Waals surface area contributed by atoms with Crippen molar-refractivity contribution in [1.82, 2.24) is 20.1 Å². The van der Waals surface area contributed by atoms with Crippen molar-refractivity contribution in [1.29, 1.82) is 0 Å². The van der Waals surface area contributed by atoms with Gasteiger partial charge in [0, 0.05) is 12.6 Å². The number of aromatic nitrogens is 3. The number of hydrogen-bond donors (Lipinski definition) is 1. The van der Waals surface area contributed by atoms with Gasteiger partial charge >= 0.3 is 0 Å². The van der Waals surface area contributed by atoms with Gasteiger partial charge in [-0.25, -0.2) is 4.98 Å². The molecule has 0 saturated heterocycles. The molecule has 0 aliphatic heterocycles. The molecule has 4 nitrogen and oxygen atoms in total. The molecule has 72 valence electrons. The van der Waals surface area contributed by atoms with Crippen LogP contribution in [-0.4, -0.2) is 27.4 Å². The molecule has 1 aromatic rings. The molecule has 1 aliphatic rings. The number of aryl methyl sites for hydroxylation is 1. The van der Waals surface area contributed by atoms with Crippen LogP contribution in [0.3, 0.4) is 0 Å². The summed E-state index contributed by atoms with van der Waals surface area (Å²) in [5.41, 5.74) is 0. The third-order valence-corrected chi connectivity index (χ3v) is 2.29. The van der Waals surface area contributed by atoms with E-state index >= 15 is 0 Å². The van der Waals surface area contributed by atoms with Gasteiger partial charge in [-0.1, -0.05) is 0 Å². The van der Waals surface area contributed by atoms with E-state index in [0.717, 1.165) is 19.1 Å². The fraction of sp³-hybridized carbons (Fsp3) is 0.778. The van der Waals surface area contributed by atoms with Crippen LogP contribution in [0.5, 0.6) is 0 Å². The lowest BCUT2D eigenvalue weighted by molar-refractivity contribution is 0.533. The molecule has 1 aliphatic carbocycles. The summed E-state index contributed by atoms with van der Waals surface area (Å²) in [4.78, 5) is 3.90. The Morgan fingerprint density at radius 1 is 1.38 bits per heavy atom. The van der Waals surface area contributed by atoms with Crippen LogP contribution in [0.25, 0.3) is 0 Å². The largest absolute Gasteiger partial charge is 0.314 e. The van der Waals surface area contributed by atoms with Gasteiger partial charge in [0.2, 0.25) is 0 Å². The van der Waals surface area contributed by atoms with Gasteiger partial charge in [-0.05, 0) is 32.2 Å². The molecule has 1 saturated carbocycles. The van der Waals surface area contributed by atoms with Crippen molar-refractivity contribution >= 4 is 0 Å². The van der Waals surface area contributed by atoms with Crippen LogP contribution < -0.4 is 5.32 Å². The quantitative estimate of drug-likeness (QED) is 0.659. The van der Waals surface area contributed by atoms with Crippen molar-refractivity contribution in [3.63, 3.8) is 0 Å². The molecule has 4 heteroatoms. The highest BCUT2D eigenvalue weighted by Gasteiger charge is 2.19. The highest BCUT2D eigenvalue weighted by molar-refractivity contribution is 4.80. The summed E-state index contributed by atoms with van der Waals surface area (Å²) in [5.74, 6) is 0. The van der Waals surface area contributed by atoms with Crippen LogP contribution in [0.4, 0.5) is 0 Å². The number of unbranched alkanes of at least 4 members (excludes halogenated alkanes) is 1. The van der Waals surface area contributed by atoms with E-state index in [1.807, 2.05) is 4.68 Å². The summed E-state index contributed by atoms with van der Waals surface area (Å²) >= 11 is 0. The normalized spacial score (nSPS) is 16.3. The lowest BCUT2D eigenvalue weighted by atomic mass is 10.3. The van der Waals surface area contributed by atoms with Gasteiger partial charge in [-0.3, -0.25) is 4.68 Å². The van der Waals surface area contributed by atoms with Gasteiger partial charge in [0.15, 0.2) is 0 Å². The molecule has 0 spiro atoms. The predicted molar refractivity (Wildman–Crippen MR) is 50.3 cm³/mol. The van der Waals surface area contributed by atoms with Gasteiger partial charge in [-0.15, -0.1) is 0 Å². The Bertz CT molecular complexity index is 228. The van der Waals surface area contributed by atoms with E-state index in [4.69, 9.17) is 0 Å². The zero-order valence-electron chi connectivity index (χ0n) is 7.82. The first-order chi connectivity index (χ1) is 6.45. The third-order valence-electron chi connectivity index (χ3n) is 2.29. The zero-order valence-corrected chi connectivity index (χ0v) is 7.82. The van der Waals surface area contributed by atoms with Crippen molar-refractivity contribution < 1.29 is 0 Å². The lowest BCUT2D eigenvalue weighted by Gasteiger charge is -2.02. The predicted octanol–water partition coefficient (Wildman–Crippen LogP) is 0.810. The number of hydrogen-bond acceptors (Lipinski definition) is 3. The molecule has 1 aromatic heterocycles. The maximum atomic E-state index is 4.05. The van der Waals surface area contributed by atoms with E-state index in [1.54, 1.807) is 12.7 Å². The minimum Gasteiger partial charge on any atom is -0.314 e. The van der Waals surface area contributed by atoms with Crippen LogP contribution in [-0.2, 0) is 6.54 Å². The van der Waals surface area contributed by atoms with Gasteiger partial charge in [0.25, 0.3) is 0 Å². The summed E-state index contributed by atoms with van der Waals surface area (Å²) in [6, 6.07) is 0.839. The van der Waals surface area contributed by atoms with Crippen LogP contribution >= 0.6 is 0 Å². The van der Waals surface area contributed by atoms with Gasteiger partial charge in [-0.2, -0.15) is 5.10 Å². The molecule has 13 heavy (non-hydrogen) atoms. The maximum absolute atomic E-state index is 4.05. The standard InChI is InChI=1S/C9H16N4/c1(5-11-9-3-4-9)2-6-13-8-10-7-12-13/h7-9,11H,1-6H2. The van der Waals surface area contributed by atoms with E-state index < -0.39 is 0 Å². The molecule has 2 rings (SSSR count). The van der Waals surface area contributed by atoms with Crippen LogP contribution in [0, 0.1) is 0 Å². The van der Waals surface area contributed by atoms with Gasteiger partial charge < -0.3 is 5.32 Å². The molecule has 0 radical (unpaired) electrons. The average Bonchev–Trinajstić information content (AvgIpc) is 2.81. The Kier molecular flexibility index (Phi) is 2.92. The second-order valence-electron chi connectivity index (χ2n) is 3.59. The molecular formula is C9H16N4. The summed E-state index contributed by atoms with van der Waals surface area (Å²) < 4.78 is 1.89. The third kappa shape index (κ3) is 3.14.